The summed E-state index contributed by atoms with van der Waals surface area (Å²) in [6.07, 6.45) is 1.11. The largest absolute Gasteiger partial charge is 0.494 e. The number of hydrogen-bond acceptors (Lipinski definition) is 6. The summed E-state index contributed by atoms with van der Waals surface area (Å²) in [5.74, 6) is -1.01. The summed E-state index contributed by atoms with van der Waals surface area (Å²) in [5, 5.41) is 11.8. The molecule has 0 saturated heterocycles. The topological polar surface area (TPSA) is 85.8 Å². The van der Waals surface area contributed by atoms with E-state index < -0.39 is 17.4 Å². The Bertz CT molecular complexity index is 1230. The van der Waals surface area contributed by atoms with Gasteiger partial charge < -0.3 is 9.84 Å². The number of hydrogen-bond donors (Lipinski definition) is 1. The molecule has 1 aromatic heterocycles. The van der Waals surface area contributed by atoms with Crippen molar-refractivity contribution in [2.24, 2.45) is 4.99 Å². The van der Waals surface area contributed by atoms with E-state index in [1.807, 2.05) is 0 Å². The van der Waals surface area contributed by atoms with E-state index in [0.717, 1.165) is 6.21 Å². The summed E-state index contributed by atoms with van der Waals surface area (Å²) < 4.78 is 7.09. The van der Waals surface area contributed by atoms with Crippen LogP contribution in [0, 0.1) is 4.77 Å². The summed E-state index contributed by atoms with van der Waals surface area (Å²) >= 11 is 17.4. The number of aromatic nitrogens is 2. The molecule has 154 valence electrons. The summed E-state index contributed by atoms with van der Waals surface area (Å²) in [5.41, 5.74) is 0.156. The molecule has 7 nitrogen and oxygen atoms in total. The lowest BCUT2D eigenvalue weighted by Crippen LogP contribution is -2.27. The fourth-order valence-corrected chi connectivity index (χ4v) is 3.28. The van der Waals surface area contributed by atoms with E-state index in [9.17, 15) is 14.7 Å². The minimum Gasteiger partial charge on any atom is -0.494 e. The Labute approximate surface area is 186 Å². The van der Waals surface area contributed by atoms with Gasteiger partial charge in [-0.05, 0) is 60.7 Å². The first-order valence-corrected chi connectivity index (χ1v) is 9.69. The maximum absolute atomic E-state index is 13.1. The Morgan fingerprint density at radius 2 is 1.57 bits per heavy atom. The van der Waals surface area contributed by atoms with Crippen molar-refractivity contribution in [3.05, 3.63) is 79.3 Å². The molecule has 0 atom stereocenters. The molecule has 3 rings (SSSR count). The lowest BCUT2D eigenvalue weighted by Gasteiger charge is -2.16. The highest BCUT2D eigenvalue weighted by atomic mass is 35.5. The van der Waals surface area contributed by atoms with Gasteiger partial charge in [0.2, 0.25) is 5.88 Å². The highest BCUT2D eigenvalue weighted by Gasteiger charge is 2.18. The predicted molar refractivity (Wildman–Crippen MR) is 118 cm³/mol. The number of aliphatic imine (C=N–C) groups is 1. The van der Waals surface area contributed by atoms with Crippen molar-refractivity contribution in [2.75, 3.05) is 13.7 Å². The second-order valence-electron chi connectivity index (χ2n) is 5.99. The molecule has 2 aromatic carbocycles. The predicted octanol–water partition coefficient (Wildman–Crippen LogP) is 3.96. The van der Waals surface area contributed by atoms with Crippen LogP contribution in [-0.2, 0) is 9.53 Å². The minimum atomic E-state index is -0.612. The number of nitrogens with zero attached hydrogens (tertiary/aromatic N) is 3. The van der Waals surface area contributed by atoms with Gasteiger partial charge in [0.15, 0.2) is 4.77 Å². The molecule has 10 heteroatoms. The first-order chi connectivity index (χ1) is 14.3. The van der Waals surface area contributed by atoms with Gasteiger partial charge in [-0.25, -0.2) is 0 Å². The number of carbonyl (C=O) groups is 1. The Morgan fingerprint density at radius 1 is 1.07 bits per heavy atom. The number of ether oxygens (including phenoxy) is 1. The molecule has 0 bridgehead atoms. The zero-order valence-corrected chi connectivity index (χ0v) is 17.9. The van der Waals surface area contributed by atoms with E-state index in [1.54, 1.807) is 48.5 Å². The molecule has 30 heavy (non-hydrogen) atoms. The van der Waals surface area contributed by atoms with Crippen molar-refractivity contribution in [1.82, 2.24) is 9.13 Å². The van der Waals surface area contributed by atoms with Gasteiger partial charge in [0, 0.05) is 16.3 Å². The van der Waals surface area contributed by atoms with Gasteiger partial charge >= 0.3 is 5.97 Å². The van der Waals surface area contributed by atoms with E-state index >= 15 is 0 Å². The van der Waals surface area contributed by atoms with Crippen LogP contribution in [0.15, 0.2) is 58.3 Å². The van der Waals surface area contributed by atoms with Crippen molar-refractivity contribution in [2.45, 2.75) is 0 Å². The van der Waals surface area contributed by atoms with Crippen molar-refractivity contribution in [3.8, 4) is 17.3 Å². The first-order valence-electron chi connectivity index (χ1n) is 8.53. The molecular weight excluding hydrogens is 449 g/mol. The number of rotatable bonds is 5. The lowest BCUT2D eigenvalue weighted by atomic mass is 10.2. The summed E-state index contributed by atoms with van der Waals surface area (Å²) in [6.45, 7) is -0.313. The summed E-state index contributed by atoms with van der Waals surface area (Å²) in [6, 6.07) is 13.0. The van der Waals surface area contributed by atoms with E-state index in [-0.39, 0.29) is 16.9 Å². The Kier molecular flexibility index (Phi) is 6.71. The highest BCUT2D eigenvalue weighted by Crippen LogP contribution is 2.23. The normalized spacial score (nSPS) is 11.0. The minimum absolute atomic E-state index is 0.0206. The van der Waals surface area contributed by atoms with Crippen LogP contribution in [0.1, 0.15) is 5.56 Å². The molecule has 1 N–H and O–H groups in total. The van der Waals surface area contributed by atoms with Crippen LogP contribution in [0.4, 0.5) is 0 Å². The van der Waals surface area contributed by atoms with Gasteiger partial charge in [-0.2, -0.15) is 0 Å². The summed E-state index contributed by atoms with van der Waals surface area (Å²) in [4.78, 5) is 28.4. The molecule has 1 heterocycles. The maximum atomic E-state index is 13.1. The standard InChI is InChI=1S/C20H15Cl2N3O4S/c1-29-17(26)11-23-10-16-18(27)24(14-6-2-12(21)3-7-14)20(30)25(19(16)28)15-8-4-13(22)5-9-15/h2-10,27H,11H2,1H3. The van der Waals surface area contributed by atoms with Crippen LogP contribution in [0.3, 0.4) is 0 Å². The fraction of sp³-hybridized carbons (Fsp3) is 0.100. The van der Waals surface area contributed by atoms with E-state index in [4.69, 9.17) is 35.4 Å². The van der Waals surface area contributed by atoms with Gasteiger partial charge in [-0.1, -0.05) is 23.2 Å². The zero-order valence-electron chi connectivity index (χ0n) is 15.6. The lowest BCUT2D eigenvalue weighted by molar-refractivity contribution is -0.138. The van der Waals surface area contributed by atoms with Crippen molar-refractivity contribution < 1.29 is 14.6 Å². The zero-order chi connectivity index (χ0) is 21.8. The third-order valence-electron chi connectivity index (χ3n) is 4.11. The Balaban J connectivity index is 2.30. The third kappa shape index (κ3) is 4.46. The maximum Gasteiger partial charge on any atom is 0.327 e. The van der Waals surface area contributed by atoms with Crippen LogP contribution < -0.4 is 5.56 Å². The molecule has 0 unspecified atom stereocenters. The number of aromatic hydroxyl groups is 1. The number of esters is 1. The Hall–Kier alpha value is -2.94. The van der Waals surface area contributed by atoms with Gasteiger partial charge in [-0.3, -0.25) is 23.7 Å². The van der Waals surface area contributed by atoms with Crippen molar-refractivity contribution in [3.63, 3.8) is 0 Å². The number of methoxy groups -OCH3 is 1. The van der Waals surface area contributed by atoms with Gasteiger partial charge in [-0.15, -0.1) is 0 Å². The first kappa shape index (κ1) is 21.8. The van der Waals surface area contributed by atoms with Gasteiger partial charge in [0.1, 0.15) is 12.1 Å². The average Bonchev–Trinajstić information content (AvgIpc) is 2.73. The molecular formula is C20H15Cl2N3O4S. The van der Waals surface area contributed by atoms with E-state index in [0.29, 0.717) is 21.4 Å². The van der Waals surface area contributed by atoms with Crippen LogP contribution in [0.25, 0.3) is 11.4 Å². The highest BCUT2D eigenvalue weighted by molar-refractivity contribution is 7.71. The van der Waals surface area contributed by atoms with Gasteiger partial charge in [0.05, 0.1) is 18.5 Å². The second-order valence-corrected chi connectivity index (χ2v) is 7.23. The average molecular weight is 464 g/mol. The van der Waals surface area contributed by atoms with Crippen LogP contribution in [0.5, 0.6) is 5.88 Å². The number of carbonyl (C=O) groups excluding carboxylic acids is 1. The molecule has 0 fully saturated rings. The fourth-order valence-electron chi connectivity index (χ4n) is 2.64. The van der Waals surface area contributed by atoms with Crippen molar-refractivity contribution in [1.29, 1.82) is 0 Å². The molecule has 0 radical (unpaired) electrons. The molecule has 3 aromatic rings. The van der Waals surface area contributed by atoms with Gasteiger partial charge in [0.25, 0.3) is 5.56 Å². The van der Waals surface area contributed by atoms with Crippen LogP contribution in [-0.4, -0.2) is 40.1 Å². The smallest absolute Gasteiger partial charge is 0.327 e. The number of benzene rings is 2. The Morgan fingerprint density at radius 3 is 2.07 bits per heavy atom. The molecule has 0 aliphatic heterocycles. The van der Waals surface area contributed by atoms with E-state index in [2.05, 4.69) is 9.73 Å². The van der Waals surface area contributed by atoms with Crippen LogP contribution >= 0.6 is 35.4 Å². The monoisotopic (exact) mass is 463 g/mol. The quantitative estimate of drug-likeness (QED) is 0.351. The molecule has 0 aliphatic carbocycles. The molecule has 0 aliphatic rings. The SMILES string of the molecule is COC(=O)CN=Cc1c(O)n(-c2ccc(Cl)cc2)c(=S)n(-c2ccc(Cl)cc2)c1=O. The van der Waals surface area contributed by atoms with Crippen molar-refractivity contribution >= 4 is 47.6 Å². The number of halogens is 2. The second kappa shape index (κ2) is 9.25. The van der Waals surface area contributed by atoms with Crippen LogP contribution in [0.2, 0.25) is 10.0 Å². The van der Waals surface area contributed by atoms with E-state index in [1.165, 1.54) is 16.2 Å². The summed E-state index contributed by atoms with van der Waals surface area (Å²) in [7, 11) is 1.23. The molecule has 0 amide bonds. The molecule has 0 spiro atoms. The molecule has 0 saturated carbocycles. The third-order valence-corrected chi connectivity index (χ3v) is 4.98.